The van der Waals surface area contributed by atoms with Crippen LogP contribution in [0.2, 0.25) is 5.02 Å². The van der Waals surface area contributed by atoms with Crippen LogP contribution in [0.5, 0.6) is 5.75 Å². The molecule has 1 amide bonds. The van der Waals surface area contributed by atoms with E-state index in [1.807, 2.05) is 31.2 Å². The summed E-state index contributed by atoms with van der Waals surface area (Å²) in [6.07, 6.45) is 0. The van der Waals surface area contributed by atoms with Gasteiger partial charge in [0.25, 0.3) is 0 Å². The van der Waals surface area contributed by atoms with E-state index in [9.17, 15) is 4.79 Å². The molecule has 7 nitrogen and oxygen atoms in total. The zero-order valence-corrected chi connectivity index (χ0v) is 17.0. The maximum absolute atomic E-state index is 12.4. The second-order valence-corrected chi connectivity index (χ2v) is 7.64. The van der Waals surface area contributed by atoms with Crippen LogP contribution in [0.3, 0.4) is 0 Å². The van der Waals surface area contributed by atoms with Gasteiger partial charge in [-0.25, -0.2) is 4.68 Å². The van der Waals surface area contributed by atoms with Gasteiger partial charge in [0.1, 0.15) is 5.75 Å². The van der Waals surface area contributed by atoms with Crippen molar-refractivity contribution in [3.63, 3.8) is 0 Å². The van der Waals surface area contributed by atoms with Gasteiger partial charge in [-0.2, -0.15) is 0 Å². The number of nitrogens with two attached hydrogens (primary N) is 1. The number of nitrogen functional groups attached to an aromatic ring is 1. The first kappa shape index (κ1) is 20.0. The molecule has 0 aliphatic carbocycles. The van der Waals surface area contributed by atoms with Crippen molar-refractivity contribution in [2.75, 3.05) is 17.8 Å². The highest BCUT2D eigenvalue weighted by Crippen LogP contribution is 2.26. The topological polar surface area (TPSA) is 95.1 Å². The van der Waals surface area contributed by atoms with Gasteiger partial charge in [0, 0.05) is 16.3 Å². The Hall–Kier alpha value is -2.71. The van der Waals surface area contributed by atoms with Crippen LogP contribution >= 0.6 is 23.4 Å². The fourth-order valence-corrected chi connectivity index (χ4v) is 3.40. The summed E-state index contributed by atoms with van der Waals surface area (Å²) in [6, 6.07) is 14.4. The fourth-order valence-electron chi connectivity index (χ4n) is 2.44. The number of hydrogen-bond donors (Lipinski definition) is 2. The molecule has 0 aliphatic heterocycles. The van der Waals surface area contributed by atoms with Crippen molar-refractivity contribution in [1.82, 2.24) is 14.9 Å². The zero-order valence-electron chi connectivity index (χ0n) is 15.4. The molecule has 9 heteroatoms. The Labute approximate surface area is 172 Å². The van der Waals surface area contributed by atoms with Crippen LogP contribution in [0.4, 0.5) is 5.69 Å². The van der Waals surface area contributed by atoms with Crippen molar-refractivity contribution >= 4 is 35.0 Å². The Bertz CT molecular complexity index is 961. The van der Waals surface area contributed by atoms with Gasteiger partial charge in [-0.1, -0.05) is 29.4 Å². The molecule has 1 heterocycles. The predicted molar refractivity (Wildman–Crippen MR) is 112 cm³/mol. The van der Waals surface area contributed by atoms with Gasteiger partial charge in [-0.15, -0.1) is 10.2 Å². The van der Waals surface area contributed by atoms with Gasteiger partial charge in [0.05, 0.1) is 11.9 Å². The third-order valence-corrected chi connectivity index (χ3v) is 5.12. The second-order valence-electron chi connectivity index (χ2n) is 5.89. The first-order chi connectivity index (χ1) is 13.5. The van der Waals surface area contributed by atoms with Gasteiger partial charge >= 0.3 is 0 Å². The number of amides is 1. The largest absolute Gasteiger partial charge is 0.494 e. The van der Waals surface area contributed by atoms with Crippen LogP contribution in [0, 0.1) is 0 Å². The van der Waals surface area contributed by atoms with E-state index in [4.69, 9.17) is 22.2 Å². The molecule has 146 valence electrons. The van der Waals surface area contributed by atoms with Gasteiger partial charge in [-0.3, -0.25) is 4.79 Å². The smallest absolute Gasteiger partial charge is 0.237 e. The van der Waals surface area contributed by atoms with Crippen LogP contribution in [-0.4, -0.2) is 32.6 Å². The average molecular weight is 418 g/mol. The maximum Gasteiger partial charge on any atom is 0.237 e. The van der Waals surface area contributed by atoms with E-state index in [2.05, 4.69) is 15.5 Å². The molecule has 28 heavy (non-hydrogen) atoms. The molecular weight excluding hydrogens is 398 g/mol. The molecule has 0 saturated carbocycles. The highest BCUT2D eigenvalue weighted by atomic mass is 35.5. The first-order valence-electron chi connectivity index (χ1n) is 8.64. The van der Waals surface area contributed by atoms with E-state index in [0.717, 1.165) is 11.3 Å². The molecule has 0 aliphatic rings. The lowest BCUT2D eigenvalue weighted by Crippen LogP contribution is -2.23. The third kappa shape index (κ3) is 4.76. The van der Waals surface area contributed by atoms with Crippen molar-refractivity contribution in [2.24, 2.45) is 0 Å². The molecule has 2 aromatic carbocycles. The predicted octanol–water partition coefficient (Wildman–Crippen LogP) is 3.83. The third-order valence-electron chi connectivity index (χ3n) is 3.83. The number of anilines is 1. The highest BCUT2D eigenvalue weighted by molar-refractivity contribution is 8.00. The van der Waals surface area contributed by atoms with Crippen LogP contribution in [0.1, 0.15) is 13.8 Å². The minimum atomic E-state index is -0.432. The number of carbonyl (C=O) groups excluding carboxylic acids is 1. The van der Waals surface area contributed by atoms with E-state index in [1.165, 1.54) is 16.4 Å². The lowest BCUT2D eigenvalue weighted by molar-refractivity contribution is -0.115. The van der Waals surface area contributed by atoms with Gasteiger partial charge in [0.15, 0.2) is 5.82 Å². The van der Waals surface area contributed by atoms with Crippen molar-refractivity contribution in [3.05, 3.63) is 53.6 Å². The summed E-state index contributed by atoms with van der Waals surface area (Å²) in [5.74, 6) is 7.24. The number of thioether (sulfide) groups is 1. The lowest BCUT2D eigenvalue weighted by atomic mass is 10.2. The molecule has 3 rings (SSSR count). The number of hydrogen-bond acceptors (Lipinski definition) is 6. The van der Waals surface area contributed by atoms with E-state index in [-0.39, 0.29) is 5.91 Å². The monoisotopic (exact) mass is 417 g/mol. The molecule has 0 unspecified atom stereocenters. The number of benzene rings is 2. The summed E-state index contributed by atoms with van der Waals surface area (Å²) in [6.45, 7) is 4.30. The number of rotatable bonds is 7. The van der Waals surface area contributed by atoms with E-state index in [0.29, 0.717) is 28.3 Å². The summed E-state index contributed by atoms with van der Waals surface area (Å²) >= 11 is 7.17. The zero-order chi connectivity index (χ0) is 20.1. The minimum Gasteiger partial charge on any atom is -0.494 e. The Morgan fingerprint density at radius 2 is 2.04 bits per heavy atom. The molecule has 0 spiro atoms. The van der Waals surface area contributed by atoms with Gasteiger partial charge < -0.3 is 15.9 Å². The minimum absolute atomic E-state index is 0.183. The van der Waals surface area contributed by atoms with E-state index < -0.39 is 5.25 Å². The Balaban J connectivity index is 1.68. The summed E-state index contributed by atoms with van der Waals surface area (Å²) in [5, 5.41) is 11.6. The Morgan fingerprint density at radius 3 is 2.71 bits per heavy atom. The number of nitrogens with zero attached hydrogens (tertiary/aromatic N) is 3. The standard InChI is InChI=1S/C19H20ClN5O2S/c1-3-27-16-9-7-13(8-10-16)17-23-24-19(25(17)21)28-12(2)18(26)22-15-6-4-5-14(20)11-15/h4-12H,3,21H2,1-2H3,(H,22,26)/t12-/m1/s1. The Morgan fingerprint density at radius 1 is 1.29 bits per heavy atom. The van der Waals surface area contributed by atoms with Crippen LogP contribution in [0.15, 0.2) is 53.7 Å². The molecule has 1 aromatic heterocycles. The van der Waals surface area contributed by atoms with Gasteiger partial charge in [-0.05, 0) is 56.3 Å². The van der Waals surface area contributed by atoms with Crippen LogP contribution in [0.25, 0.3) is 11.4 Å². The van der Waals surface area contributed by atoms with Crippen molar-refractivity contribution < 1.29 is 9.53 Å². The molecular formula is C19H20ClN5O2S. The fraction of sp³-hybridized carbons (Fsp3) is 0.211. The normalized spacial score (nSPS) is 11.8. The SMILES string of the molecule is CCOc1ccc(-c2nnc(S[C@H](C)C(=O)Nc3cccc(Cl)c3)n2N)cc1. The quantitative estimate of drug-likeness (QED) is 0.448. The highest BCUT2D eigenvalue weighted by Gasteiger charge is 2.20. The summed E-state index contributed by atoms with van der Waals surface area (Å²) in [5.41, 5.74) is 1.44. The van der Waals surface area contributed by atoms with Crippen molar-refractivity contribution in [1.29, 1.82) is 0 Å². The second kappa shape index (κ2) is 8.99. The molecule has 0 radical (unpaired) electrons. The molecule has 3 N–H and O–H groups in total. The molecule has 0 bridgehead atoms. The number of halogens is 1. The number of ether oxygens (including phenoxy) is 1. The van der Waals surface area contributed by atoms with E-state index >= 15 is 0 Å². The van der Waals surface area contributed by atoms with Crippen LogP contribution < -0.4 is 15.9 Å². The summed E-state index contributed by atoms with van der Waals surface area (Å²) < 4.78 is 6.81. The van der Waals surface area contributed by atoms with E-state index in [1.54, 1.807) is 31.2 Å². The van der Waals surface area contributed by atoms with Crippen molar-refractivity contribution in [3.8, 4) is 17.1 Å². The molecule has 0 fully saturated rings. The average Bonchev–Trinajstić information content (AvgIpc) is 3.03. The van der Waals surface area contributed by atoms with Crippen molar-refractivity contribution in [2.45, 2.75) is 24.3 Å². The summed E-state index contributed by atoms with van der Waals surface area (Å²) in [4.78, 5) is 12.4. The lowest BCUT2D eigenvalue weighted by Gasteiger charge is -2.12. The van der Waals surface area contributed by atoms with Crippen LogP contribution in [-0.2, 0) is 4.79 Å². The molecule has 1 atom stereocenters. The molecule has 0 saturated heterocycles. The summed E-state index contributed by atoms with van der Waals surface area (Å²) in [7, 11) is 0. The first-order valence-corrected chi connectivity index (χ1v) is 9.90. The Kier molecular flexibility index (Phi) is 6.43. The number of aromatic nitrogens is 3. The number of nitrogens with one attached hydrogen (secondary N) is 1. The maximum atomic E-state index is 12.4. The van der Waals surface area contributed by atoms with Gasteiger partial charge in [0.2, 0.25) is 11.1 Å². The molecule has 3 aromatic rings. The number of carbonyl (C=O) groups is 1.